The van der Waals surface area contributed by atoms with Crippen molar-refractivity contribution < 1.29 is 9.84 Å². The third kappa shape index (κ3) is 3.24. The number of rotatable bonds is 6. The predicted molar refractivity (Wildman–Crippen MR) is 74.9 cm³/mol. The summed E-state index contributed by atoms with van der Waals surface area (Å²) in [6.07, 6.45) is 0.690. The van der Waals surface area contributed by atoms with Crippen LogP contribution in [0.15, 0.2) is 24.3 Å². The van der Waals surface area contributed by atoms with Crippen molar-refractivity contribution in [2.45, 2.75) is 25.9 Å². The molecule has 0 fully saturated rings. The SMILES string of the molecule is CC[C@@](O)(c1cccc(OC)c1)[C@H](C)CN(C)C. The molecule has 1 aromatic rings. The molecule has 0 saturated heterocycles. The maximum atomic E-state index is 10.9. The van der Waals surface area contributed by atoms with E-state index in [1.807, 2.05) is 45.3 Å². The lowest BCUT2D eigenvalue weighted by Gasteiger charge is -2.35. The lowest BCUT2D eigenvalue weighted by atomic mass is 9.80. The molecule has 0 spiro atoms. The Morgan fingerprint density at radius 2 is 2.06 bits per heavy atom. The highest BCUT2D eigenvalue weighted by molar-refractivity contribution is 5.32. The molecular formula is C15H25NO2. The van der Waals surface area contributed by atoms with Gasteiger partial charge in [-0.05, 0) is 38.2 Å². The van der Waals surface area contributed by atoms with E-state index in [-0.39, 0.29) is 5.92 Å². The van der Waals surface area contributed by atoms with Gasteiger partial charge >= 0.3 is 0 Å². The van der Waals surface area contributed by atoms with Crippen LogP contribution in [0.1, 0.15) is 25.8 Å². The zero-order valence-corrected chi connectivity index (χ0v) is 12.1. The van der Waals surface area contributed by atoms with Crippen LogP contribution in [0.3, 0.4) is 0 Å². The monoisotopic (exact) mass is 251 g/mol. The average Bonchev–Trinajstić information content (AvgIpc) is 2.37. The van der Waals surface area contributed by atoms with Crippen LogP contribution in [0, 0.1) is 5.92 Å². The molecule has 0 aliphatic rings. The van der Waals surface area contributed by atoms with Gasteiger partial charge in [0.25, 0.3) is 0 Å². The van der Waals surface area contributed by atoms with E-state index in [9.17, 15) is 5.11 Å². The zero-order chi connectivity index (χ0) is 13.8. The third-order valence-corrected chi connectivity index (χ3v) is 3.56. The summed E-state index contributed by atoms with van der Waals surface area (Å²) in [6, 6.07) is 7.72. The summed E-state index contributed by atoms with van der Waals surface area (Å²) >= 11 is 0. The molecule has 0 amide bonds. The van der Waals surface area contributed by atoms with Gasteiger partial charge in [-0.3, -0.25) is 0 Å². The third-order valence-electron chi connectivity index (χ3n) is 3.56. The number of methoxy groups -OCH3 is 1. The van der Waals surface area contributed by atoms with Crippen molar-refractivity contribution in [3.8, 4) is 5.75 Å². The van der Waals surface area contributed by atoms with Gasteiger partial charge in [0.05, 0.1) is 12.7 Å². The summed E-state index contributed by atoms with van der Waals surface area (Å²) in [5, 5.41) is 10.9. The van der Waals surface area contributed by atoms with Gasteiger partial charge in [0.2, 0.25) is 0 Å². The van der Waals surface area contributed by atoms with Gasteiger partial charge in [-0.25, -0.2) is 0 Å². The fraction of sp³-hybridized carbons (Fsp3) is 0.600. The van der Waals surface area contributed by atoms with E-state index in [2.05, 4.69) is 11.8 Å². The van der Waals surface area contributed by atoms with E-state index in [4.69, 9.17) is 4.74 Å². The normalized spacial score (nSPS) is 16.4. The summed E-state index contributed by atoms with van der Waals surface area (Å²) in [6.45, 7) is 4.95. The quantitative estimate of drug-likeness (QED) is 0.843. The van der Waals surface area contributed by atoms with Crippen molar-refractivity contribution in [2.75, 3.05) is 27.7 Å². The molecular weight excluding hydrogens is 226 g/mol. The number of nitrogens with zero attached hydrogens (tertiary/aromatic N) is 1. The lowest BCUT2D eigenvalue weighted by Crippen LogP contribution is -2.38. The highest BCUT2D eigenvalue weighted by Crippen LogP contribution is 2.34. The Labute approximate surface area is 110 Å². The number of hydrogen-bond acceptors (Lipinski definition) is 3. The minimum absolute atomic E-state index is 0.157. The second kappa shape index (κ2) is 6.21. The Bertz CT molecular complexity index is 379. The minimum atomic E-state index is -0.807. The minimum Gasteiger partial charge on any atom is -0.497 e. The van der Waals surface area contributed by atoms with Crippen LogP contribution in [-0.2, 0) is 5.60 Å². The maximum absolute atomic E-state index is 10.9. The lowest BCUT2D eigenvalue weighted by molar-refractivity contribution is -0.0293. The molecule has 0 bridgehead atoms. The molecule has 0 saturated carbocycles. The zero-order valence-electron chi connectivity index (χ0n) is 12.1. The van der Waals surface area contributed by atoms with Gasteiger partial charge < -0.3 is 14.7 Å². The summed E-state index contributed by atoms with van der Waals surface area (Å²) in [5.41, 5.74) is 0.123. The molecule has 3 heteroatoms. The first-order valence-corrected chi connectivity index (χ1v) is 6.45. The van der Waals surface area contributed by atoms with E-state index < -0.39 is 5.60 Å². The maximum Gasteiger partial charge on any atom is 0.119 e. The van der Waals surface area contributed by atoms with Gasteiger partial charge in [-0.15, -0.1) is 0 Å². The van der Waals surface area contributed by atoms with Crippen LogP contribution in [0.5, 0.6) is 5.75 Å². The molecule has 0 aromatic heterocycles. The largest absolute Gasteiger partial charge is 0.497 e. The van der Waals surface area contributed by atoms with Crippen molar-refractivity contribution in [1.82, 2.24) is 4.90 Å². The predicted octanol–water partition coefficient (Wildman–Crippen LogP) is 2.49. The molecule has 1 aromatic carbocycles. The molecule has 1 rings (SSSR count). The van der Waals surface area contributed by atoms with Crippen LogP contribution in [0.25, 0.3) is 0 Å². The van der Waals surface area contributed by atoms with E-state index >= 15 is 0 Å². The van der Waals surface area contributed by atoms with E-state index in [1.54, 1.807) is 7.11 Å². The molecule has 0 aliphatic carbocycles. The standard InChI is InChI=1S/C15H25NO2/c1-6-15(17,12(2)11-16(3)4)13-8-7-9-14(10-13)18-5/h7-10,12,17H,6,11H2,1-5H3/t12-,15+/m1/s1. The van der Waals surface area contributed by atoms with Crippen LogP contribution in [-0.4, -0.2) is 37.8 Å². The Balaban J connectivity index is 3.05. The molecule has 102 valence electrons. The van der Waals surface area contributed by atoms with Crippen molar-refractivity contribution in [3.05, 3.63) is 29.8 Å². The Morgan fingerprint density at radius 3 is 2.56 bits per heavy atom. The first-order valence-electron chi connectivity index (χ1n) is 6.45. The molecule has 1 N–H and O–H groups in total. The molecule has 0 radical (unpaired) electrons. The summed E-state index contributed by atoms with van der Waals surface area (Å²) in [4.78, 5) is 2.10. The molecule has 3 nitrogen and oxygen atoms in total. The summed E-state index contributed by atoms with van der Waals surface area (Å²) < 4.78 is 5.23. The number of ether oxygens (including phenoxy) is 1. The fourth-order valence-corrected chi connectivity index (χ4v) is 2.43. The van der Waals surface area contributed by atoms with Gasteiger partial charge in [-0.1, -0.05) is 26.0 Å². The number of hydrogen-bond donors (Lipinski definition) is 1. The second-order valence-electron chi connectivity index (χ2n) is 5.17. The molecule has 0 heterocycles. The summed E-state index contributed by atoms with van der Waals surface area (Å²) in [5.74, 6) is 0.945. The van der Waals surface area contributed by atoms with E-state index in [0.29, 0.717) is 6.42 Å². The Kier molecular flexibility index (Phi) is 5.17. The van der Waals surface area contributed by atoms with Crippen LogP contribution in [0.4, 0.5) is 0 Å². The second-order valence-corrected chi connectivity index (χ2v) is 5.17. The van der Waals surface area contributed by atoms with E-state index in [1.165, 1.54) is 0 Å². The number of aliphatic hydroxyl groups is 1. The van der Waals surface area contributed by atoms with Gasteiger partial charge in [0, 0.05) is 12.5 Å². The van der Waals surface area contributed by atoms with Crippen molar-refractivity contribution in [3.63, 3.8) is 0 Å². The van der Waals surface area contributed by atoms with Gasteiger partial charge in [-0.2, -0.15) is 0 Å². The van der Waals surface area contributed by atoms with Gasteiger partial charge in [0.15, 0.2) is 0 Å². The molecule has 18 heavy (non-hydrogen) atoms. The van der Waals surface area contributed by atoms with Crippen molar-refractivity contribution in [1.29, 1.82) is 0 Å². The fourth-order valence-electron chi connectivity index (χ4n) is 2.43. The number of benzene rings is 1. The highest BCUT2D eigenvalue weighted by Gasteiger charge is 2.34. The van der Waals surface area contributed by atoms with E-state index in [0.717, 1.165) is 17.9 Å². The average molecular weight is 251 g/mol. The van der Waals surface area contributed by atoms with Crippen molar-refractivity contribution >= 4 is 0 Å². The summed E-state index contributed by atoms with van der Waals surface area (Å²) in [7, 11) is 5.70. The Hall–Kier alpha value is -1.06. The molecule has 2 atom stereocenters. The first-order chi connectivity index (χ1) is 8.43. The topological polar surface area (TPSA) is 32.7 Å². The van der Waals surface area contributed by atoms with Crippen LogP contribution in [0.2, 0.25) is 0 Å². The van der Waals surface area contributed by atoms with Crippen LogP contribution >= 0.6 is 0 Å². The van der Waals surface area contributed by atoms with Gasteiger partial charge in [0.1, 0.15) is 5.75 Å². The highest BCUT2D eigenvalue weighted by atomic mass is 16.5. The first kappa shape index (κ1) is 15.0. The Morgan fingerprint density at radius 1 is 1.39 bits per heavy atom. The smallest absolute Gasteiger partial charge is 0.119 e. The molecule has 0 aliphatic heterocycles. The van der Waals surface area contributed by atoms with Crippen molar-refractivity contribution in [2.24, 2.45) is 5.92 Å². The molecule has 0 unspecified atom stereocenters. The van der Waals surface area contributed by atoms with Crippen LogP contribution < -0.4 is 4.74 Å².